The van der Waals surface area contributed by atoms with E-state index in [0.717, 1.165) is 31.2 Å². The standard InChI is InChI=1S/C24H33FN2O4S/c1-5-8-9-18(6-2)16-31-23(28)12-13-32-22-15-20(24(29)30-7-3)26-27(22)21-14-19(25)11-10-17(21)4/h10-11,14-15,18H,5-9,12-13,16H2,1-4H3. The van der Waals surface area contributed by atoms with Crippen molar-refractivity contribution in [2.45, 2.75) is 64.8 Å². The summed E-state index contributed by atoms with van der Waals surface area (Å²) in [5, 5.41) is 4.96. The Balaban J connectivity index is 2.06. The molecule has 0 aliphatic heterocycles. The van der Waals surface area contributed by atoms with Gasteiger partial charge in [-0.3, -0.25) is 4.79 Å². The van der Waals surface area contributed by atoms with Crippen LogP contribution in [0.3, 0.4) is 0 Å². The fourth-order valence-electron chi connectivity index (χ4n) is 3.17. The molecule has 32 heavy (non-hydrogen) atoms. The number of benzene rings is 1. The largest absolute Gasteiger partial charge is 0.465 e. The molecule has 1 atom stereocenters. The Bertz CT molecular complexity index is 900. The van der Waals surface area contributed by atoms with Gasteiger partial charge in [-0.1, -0.05) is 39.2 Å². The van der Waals surface area contributed by atoms with Gasteiger partial charge in [0.1, 0.15) is 10.8 Å². The number of thioether (sulfide) groups is 1. The van der Waals surface area contributed by atoms with E-state index in [1.807, 2.05) is 6.92 Å². The fraction of sp³-hybridized carbons (Fsp3) is 0.542. The normalized spacial score (nSPS) is 11.9. The van der Waals surface area contributed by atoms with Crippen molar-refractivity contribution in [2.75, 3.05) is 19.0 Å². The van der Waals surface area contributed by atoms with Crippen molar-refractivity contribution in [3.8, 4) is 5.69 Å². The maximum atomic E-state index is 13.9. The maximum Gasteiger partial charge on any atom is 0.358 e. The highest BCUT2D eigenvalue weighted by molar-refractivity contribution is 7.99. The number of aryl methyl sites for hydroxylation is 1. The Kier molecular flexibility index (Phi) is 10.7. The molecule has 176 valence electrons. The molecular formula is C24H33FN2O4S. The van der Waals surface area contributed by atoms with Crippen LogP contribution in [0, 0.1) is 18.7 Å². The van der Waals surface area contributed by atoms with E-state index in [1.54, 1.807) is 19.1 Å². The van der Waals surface area contributed by atoms with E-state index in [2.05, 4.69) is 18.9 Å². The highest BCUT2D eigenvalue weighted by Crippen LogP contribution is 2.26. The number of unbranched alkanes of at least 4 members (excludes halogenated alkanes) is 1. The molecule has 1 heterocycles. The predicted molar refractivity (Wildman–Crippen MR) is 124 cm³/mol. The summed E-state index contributed by atoms with van der Waals surface area (Å²) in [5.74, 6) is -0.333. The van der Waals surface area contributed by atoms with Crippen LogP contribution in [-0.4, -0.2) is 40.7 Å². The van der Waals surface area contributed by atoms with Crippen molar-refractivity contribution in [1.29, 1.82) is 0 Å². The fourth-order valence-corrected chi connectivity index (χ4v) is 4.11. The van der Waals surface area contributed by atoms with Gasteiger partial charge in [-0.05, 0) is 43.9 Å². The van der Waals surface area contributed by atoms with Gasteiger partial charge in [0.15, 0.2) is 5.69 Å². The average molecular weight is 465 g/mol. The molecule has 0 radical (unpaired) electrons. The molecule has 0 spiro atoms. The third-order valence-corrected chi connectivity index (χ3v) is 6.13. The van der Waals surface area contributed by atoms with Crippen LogP contribution in [0.5, 0.6) is 0 Å². The van der Waals surface area contributed by atoms with E-state index in [1.165, 1.54) is 28.6 Å². The number of hydrogen-bond acceptors (Lipinski definition) is 6. The first-order chi connectivity index (χ1) is 15.4. The zero-order valence-corrected chi connectivity index (χ0v) is 20.2. The van der Waals surface area contributed by atoms with E-state index in [9.17, 15) is 14.0 Å². The molecule has 8 heteroatoms. The molecule has 0 fully saturated rings. The molecule has 0 aliphatic carbocycles. The first-order valence-corrected chi connectivity index (χ1v) is 12.2. The summed E-state index contributed by atoms with van der Waals surface area (Å²) in [6.07, 6.45) is 4.56. The molecule has 0 amide bonds. The lowest BCUT2D eigenvalue weighted by Gasteiger charge is -2.14. The SMILES string of the molecule is CCCCC(CC)COC(=O)CCSc1cc(C(=O)OCC)nn1-c1cc(F)ccc1C. The second-order valence-electron chi connectivity index (χ2n) is 7.63. The quantitative estimate of drug-likeness (QED) is 0.278. The molecule has 0 N–H and O–H groups in total. The third-order valence-electron chi connectivity index (χ3n) is 5.14. The number of esters is 2. The minimum absolute atomic E-state index is 0.141. The van der Waals surface area contributed by atoms with Gasteiger partial charge in [0.2, 0.25) is 0 Å². The van der Waals surface area contributed by atoms with E-state index < -0.39 is 11.8 Å². The summed E-state index contributed by atoms with van der Waals surface area (Å²) >= 11 is 1.36. The second kappa shape index (κ2) is 13.3. The predicted octanol–water partition coefficient (Wildman–Crippen LogP) is 5.74. The Hall–Kier alpha value is -2.35. The van der Waals surface area contributed by atoms with Crippen LogP contribution in [0.1, 0.15) is 68.9 Å². The molecule has 6 nitrogen and oxygen atoms in total. The molecule has 0 aliphatic rings. The summed E-state index contributed by atoms with van der Waals surface area (Å²) in [6.45, 7) is 8.51. The van der Waals surface area contributed by atoms with Gasteiger partial charge in [0.25, 0.3) is 0 Å². The summed E-state index contributed by atoms with van der Waals surface area (Å²) in [7, 11) is 0. The van der Waals surface area contributed by atoms with Gasteiger partial charge in [-0.25, -0.2) is 13.9 Å². The molecule has 0 saturated carbocycles. The van der Waals surface area contributed by atoms with Crippen LogP contribution in [0.25, 0.3) is 5.69 Å². The Morgan fingerprint density at radius 1 is 1.19 bits per heavy atom. The molecule has 1 unspecified atom stereocenters. The summed E-state index contributed by atoms with van der Waals surface area (Å²) < 4.78 is 25.9. The van der Waals surface area contributed by atoms with Crippen molar-refractivity contribution in [2.24, 2.45) is 5.92 Å². The number of hydrogen-bond donors (Lipinski definition) is 0. The number of nitrogens with zero attached hydrogens (tertiary/aromatic N) is 2. The van der Waals surface area contributed by atoms with Crippen LogP contribution >= 0.6 is 11.8 Å². The minimum Gasteiger partial charge on any atom is -0.465 e. The number of halogens is 1. The number of carbonyl (C=O) groups excluding carboxylic acids is 2. The smallest absolute Gasteiger partial charge is 0.358 e. The van der Waals surface area contributed by atoms with Crippen LogP contribution < -0.4 is 0 Å². The van der Waals surface area contributed by atoms with Crippen LogP contribution in [0.4, 0.5) is 4.39 Å². The Morgan fingerprint density at radius 3 is 2.66 bits per heavy atom. The van der Waals surface area contributed by atoms with Crippen molar-refractivity contribution in [3.63, 3.8) is 0 Å². The monoisotopic (exact) mass is 464 g/mol. The second-order valence-corrected chi connectivity index (χ2v) is 8.74. The molecule has 0 saturated heterocycles. The number of ether oxygens (including phenoxy) is 2. The van der Waals surface area contributed by atoms with Crippen LogP contribution in [0.2, 0.25) is 0 Å². The maximum absolute atomic E-state index is 13.9. The molecule has 2 rings (SSSR count). The highest BCUT2D eigenvalue weighted by atomic mass is 32.2. The van der Waals surface area contributed by atoms with E-state index in [4.69, 9.17) is 9.47 Å². The topological polar surface area (TPSA) is 70.4 Å². The lowest BCUT2D eigenvalue weighted by Crippen LogP contribution is -2.14. The van der Waals surface area contributed by atoms with Gasteiger partial charge in [-0.2, -0.15) is 5.10 Å². The van der Waals surface area contributed by atoms with E-state index in [-0.39, 0.29) is 24.7 Å². The zero-order chi connectivity index (χ0) is 23.5. The van der Waals surface area contributed by atoms with Crippen molar-refractivity contribution < 1.29 is 23.5 Å². The average Bonchev–Trinajstić information content (AvgIpc) is 3.20. The summed E-state index contributed by atoms with van der Waals surface area (Å²) in [6, 6.07) is 6.01. The molecular weight excluding hydrogens is 431 g/mol. The lowest BCUT2D eigenvalue weighted by atomic mass is 10.0. The van der Waals surface area contributed by atoms with Crippen molar-refractivity contribution in [3.05, 3.63) is 41.3 Å². The molecule has 1 aromatic carbocycles. The van der Waals surface area contributed by atoms with Gasteiger partial charge in [-0.15, -0.1) is 11.8 Å². The van der Waals surface area contributed by atoms with Gasteiger partial charge < -0.3 is 9.47 Å². The summed E-state index contributed by atoms with van der Waals surface area (Å²) in [5.41, 5.74) is 1.48. The first-order valence-electron chi connectivity index (χ1n) is 11.2. The third kappa shape index (κ3) is 7.65. The van der Waals surface area contributed by atoms with Gasteiger partial charge in [0.05, 0.1) is 25.3 Å². The Labute approximate surface area is 193 Å². The number of carbonyl (C=O) groups is 2. The zero-order valence-electron chi connectivity index (χ0n) is 19.4. The van der Waals surface area contributed by atoms with E-state index >= 15 is 0 Å². The highest BCUT2D eigenvalue weighted by Gasteiger charge is 2.19. The lowest BCUT2D eigenvalue weighted by molar-refractivity contribution is -0.144. The molecule has 1 aromatic heterocycles. The van der Waals surface area contributed by atoms with Gasteiger partial charge in [0, 0.05) is 11.8 Å². The number of rotatable bonds is 13. The first kappa shape index (κ1) is 25.9. The number of aromatic nitrogens is 2. The van der Waals surface area contributed by atoms with Gasteiger partial charge >= 0.3 is 11.9 Å². The summed E-state index contributed by atoms with van der Waals surface area (Å²) in [4.78, 5) is 24.4. The van der Waals surface area contributed by atoms with Crippen molar-refractivity contribution in [1.82, 2.24) is 9.78 Å². The van der Waals surface area contributed by atoms with Crippen LogP contribution in [-0.2, 0) is 14.3 Å². The minimum atomic E-state index is -0.542. The van der Waals surface area contributed by atoms with Crippen molar-refractivity contribution >= 4 is 23.7 Å². The van der Waals surface area contributed by atoms with E-state index in [0.29, 0.717) is 29.0 Å². The van der Waals surface area contributed by atoms with Crippen LogP contribution in [0.15, 0.2) is 29.3 Å². The molecule has 0 bridgehead atoms. The molecule has 2 aromatic rings. The Morgan fingerprint density at radius 2 is 1.97 bits per heavy atom.